The maximum Gasteiger partial charge on any atom is 0.354 e. The molecule has 0 saturated carbocycles. The van der Waals surface area contributed by atoms with E-state index < -0.39 is 11.4 Å². The Hall–Kier alpha value is -4.77. The molecule has 0 fully saturated rings. The van der Waals surface area contributed by atoms with E-state index in [0.717, 1.165) is 28.2 Å². The second-order valence-electron chi connectivity index (χ2n) is 10.1. The number of carbonyl (C=O) groups is 1. The summed E-state index contributed by atoms with van der Waals surface area (Å²) in [5, 5.41) is 8.32. The van der Waals surface area contributed by atoms with Crippen molar-refractivity contribution in [2.24, 2.45) is 0 Å². The molecule has 0 saturated heterocycles. The predicted molar refractivity (Wildman–Crippen MR) is 163 cm³/mol. The molecule has 1 radical (unpaired) electrons. The topological polar surface area (TPSA) is 76.0 Å². The van der Waals surface area contributed by atoms with E-state index in [1.54, 1.807) is 12.1 Å². The fourth-order valence-corrected chi connectivity index (χ4v) is 5.75. The van der Waals surface area contributed by atoms with Gasteiger partial charge in [-0.1, -0.05) is 60.5 Å². The van der Waals surface area contributed by atoms with Crippen molar-refractivity contribution in [3.63, 3.8) is 0 Å². The number of aryl methyl sites for hydroxylation is 2. The van der Waals surface area contributed by atoms with E-state index in [0.29, 0.717) is 0 Å². The van der Waals surface area contributed by atoms with Gasteiger partial charge in [-0.2, -0.15) is 23.8 Å². The third kappa shape index (κ3) is 5.32. The summed E-state index contributed by atoms with van der Waals surface area (Å²) >= 11 is 0. The monoisotopic (exact) mass is 738 g/mol. The first-order valence-electron chi connectivity index (χ1n) is 13.6. The quantitative estimate of drug-likeness (QED) is 0.190. The maximum absolute atomic E-state index is 10.1. The Balaban J connectivity index is 0.000000318. The van der Waals surface area contributed by atoms with E-state index in [1.807, 2.05) is 36.5 Å². The number of aromatic carboxylic acids is 1. The molecule has 0 aliphatic heterocycles. The summed E-state index contributed by atoms with van der Waals surface area (Å²) in [5.41, 5.74) is 10.6. The first-order chi connectivity index (χ1) is 20.5. The van der Waals surface area contributed by atoms with Crippen LogP contribution in [0.5, 0.6) is 0 Å². The fourth-order valence-electron chi connectivity index (χ4n) is 5.75. The molecule has 3 aromatic carbocycles. The van der Waals surface area contributed by atoms with Crippen LogP contribution in [0.3, 0.4) is 0 Å². The normalized spacial score (nSPS) is 14.4. The summed E-state index contributed by atoms with van der Waals surface area (Å²) in [6, 6.07) is 42.8. The number of carboxylic acids is 1. The molecule has 0 spiro atoms. The molecule has 3 aromatic heterocycles. The number of rotatable bonds is 4. The zero-order chi connectivity index (χ0) is 29.1. The minimum absolute atomic E-state index is 0. The average Bonchev–Trinajstić information content (AvgIpc) is 3.36. The molecule has 7 rings (SSSR count). The third-order valence-corrected chi connectivity index (χ3v) is 7.56. The minimum Gasteiger partial charge on any atom is -0.477 e. The molecular weight excluding hydrogens is 711 g/mol. The number of carboxylic acid groups (broad SMARTS) is 1. The molecule has 1 N–H and O–H groups in total. The smallest absolute Gasteiger partial charge is 0.354 e. The Labute approximate surface area is 264 Å². The standard InChI is InChI=1S/C31H22N2.C6H5NO2.Ir/c1-21-11-8-15-24-29(21)30-22(2)12-9-16-25(30)31(24,27-18-6-7-20-32-27)28-19-10-17-26(33-28)23-13-4-3-5-14-23;8-6(9)5-3-1-2-4-7-5;/h3-13,15,17-20H,1-2H3;1-4H,(H,8,9);/q-2;;/t31-;;/m0../s1. The van der Waals surface area contributed by atoms with Gasteiger partial charge in [0, 0.05) is 38.2 Å². The van der Waals surface area contributed by atoms with Crippen LogP contribution in [0.15, 0.2) is 122 Å². The zero-order valence-electron chi connectivity index (χ0n) is 23.6. The summed E-state index contributed by atoms with van der Waals surface area (Å²) in [6.45, 7) is 4.37. The second-order valence-corrected chi connectivity index (χ2v) is 10.1. The van der Waals surface area contributed by atoms with Crippen LogP contribution in [0.25, 0.3) is 22.4 Å². The SMILES string of the molecule is Cc1cc[c-]c2c1-c1c(C)cccc1[C@]2(c1ccccn1)c1cccc(-c2[c-]cccc2)n1.O=C(O)c1ccccn1.[Ir]. The number of hydrogen-bond acceptors (Lipinski definition) is 4. The molecule has 5 nitrogen and oxygen atoms in total. The van der Waals surface area contributed by atoms with E-state index in [1.165, 1.54) is 40.1 Å². The molecule has 0 amide bonds. The van der Waals surface area contributed by atoms with Crippen molar-refractivity contribution in [3.8, 4) is 22.4 Å². The van der Waals surface area contributed by atoms with E-state index in [4.69, 9.17) is 15.1 Å². The molecule has 1 aliphatic rings. The first-order valence-corrected chi connectivity index (χ1v) is 13.6. The Morgan fingerprint density at radius 2 is 1.42 bits per heavy atom. The van der Waals surface area contributed by atoms with Crippen molar-refractivity contribution in [1.29, 1.82) is 0 Å². The van der Waals surface area contributed by atoms with Crippen LogP contribution >= 0.6 is 0 Å². The molecule has 3 heterocycles. The van der Waals surface area contributed by atoms with Crippen molar-refractivity contribution in [1.82, 2.24) is 15.0 Å². The van der Waals surface area contributed by atoms with Crippen LogP contribution in [-0.4, -0.2) is 26.0 Å². The van der Waals surface area contributed by atoms with Crippen LogP contribution in [-0.2, 0) is 25.5 Å². The number of nitrogens with zero attached hydrogens (tertiary/aromatic N) is 3. The fraction of sp³-hybridized carbons (Fsp3) is 0.0811. The molecule has 1 aliphatic carbocycles. The largest absolute Gasteiger partial charge is 0.477 e. The average molecular weight is 738 g/mol. The van der Waals surface area contributed by atoms with Gasteiger partial charge in [0.25, 0.3) is 0 Å². The Morgan fingerprint density at radius 1 is 0.698 bits per heavy atom. The van der Waals surface area contributed by atoms with Gasteiger partial charge >= 0.3 is 5.97 Å². The molecule has 0 unspecified atom stereocenters. The van der Waals surface area contributed by atoms with Crippen molar-refractivity contribution >= 4 is 5.97 Å². The van der Waals surface area contributed by atoms with Crippen LogP contribution in [0, 0.1) is 26.0 Å². The summed E-state index contributed by atoms with van der Waals surface area (Å²) in [7, 11) is 0. The van der Waals surface area contributed by atoms with Gasteiger partial charge in [0.1, 0.15) is 5.69 Å². The van der Waals surface area contributed by atoms with Gasteiger partial charge in [0.05, 0.1) is 11.1 Å². The van der Waals surface area contributed by atoms with Crippen molar-refractivity contribution in [2.75, 3.05) is 0 Å². The summed E-state index contributed by atoms with van der Waals surface area (Å²) in [4.78, 5) is 23.9. The van der Waals surface area contributed by atoms with Crippen molar-refractivity contribution in [2.45, 2.75) is 19.3 Å². The minimum atomic E-state index is -0.990. The van der Waals surface area contributed by atoms with Gasteiger partial charge < -0.3 is 5.11 Å². The Bertz CT molecular complexity index is 1830. The summed E-state index contributed by atoms with van der Waals surface area (Å²) in [5.74, 6) is -0.990. The zero-order valence-corrected chi connectivity index (χ0v) is 26.0. The predicted octanol–water partition coefficient (Wildman–Crippen LogP) is 7.50. The molecule has 213 valence electrons. The third-order valence-electron chi connectivity index (χ3n) is 7.56. The van der Waals surface area contributed by atoms with Gasteiger partial charge in [-0.15, -0.1) is 47.0 Å². The molecular formula is C37H27IrN3O2-2. The molecule has 6 aromatic rings. The van der Waals surface area contributed by atoms with Crippen LogP contribution < -0.4 is 0 Å². The molecule has 0 bridgehead atoms. The second kappa shape index (κ2) is 12.6. The van der Waals surface area contributed by atoms with Crippen molar-refractivity contribution < 1.29 is 30.0 Å². The number of hydrogen-bond donors (Lipinski definition) is 1. The van der Waals surface area contributed by atoms with Crippen LogP contribution in [0.2, 0.25) is 0 Å². The van der Waals surface area contributed by atoms with Gasteiger partial charge in [0.15, 0.2) is 0 Å². The van der Waals surface area contributed by atoms with E-state index in [-0.39, 0.29) is 25.8 Å². The molecule has 1 atom stereocenters. The van der Waals surface area contributed by atoms with Crippen molar-refractivity contribution in [3.05, 3.63) is 173 Å². The molecule has 6 heteroatoms. The Kier molecular flexibility index (Phi) is 8.72. The molecule has 43 heavy (non-hydrogen) atoms. The summed E-state index contributed by atoms with van der Waals surface area (Å²) in [6.07, 6.45) is 3.32. The van der Waals surface area contributed by atoms with E-state index >= 15 is 0 Å². The van der Waals surface area contributed by atoms with Gasteiger partial charge in [0.2, 0.25) is 0 Å². The maximum atomic E-state index is 10.1. The van der Waals surface area contributed by atoms with Crippen LogP contribution in [0.1, 0.15) is 44.1 Å². The summed E-state index contributed by atoms with van der Waals surface area (Å²) < 4.78 is 0. The van der Waals surface area contributed by atoms with Crippen LogP contribution in [0.4, 0.5) is 0 Å². The van der Waals surface area contributed by atoms with E-state index in [2.05, 4.69) is 91.6 Å². The number of fused-ring (bicyclic) bond motifs is 3. The van der Waals surface area contributed by atoms with E-state index in [9.17, 15) is 4.79 Å². The Morgan fingerprint density at radius 3 is 2.09 bits per heavy atom. The number of benzene rings is 3. The number of aromatic nitrogens is 3. The van der Waals surface area contributed by atoms with Gasteiger partial charge in [-0.3, -0.25) is 9.97 Å². The van der Waals surface area contributed by atoms with Gasteiger partial charge in [-0.05, 0) is 48.5 Å². The van der Waals surface area contributed by atoms with Gasteiger partial charge in [-0.25, -0.2) is 9.78 Å². The number of pyridine rings is 3. The first kappa shape index (κ1) is 29.7.